The molecule has 1 aliphatic rings. The van der Waals surface area contributed by atoms with Gasteiger partial charge in [0.05, 0.1) is 6.54 Å². The van der Waals surface area contributed by atoms with Crippen LogP contribution in [0.25, 0.3) is 11.1 Å². The molecule has 0 aromatic heterocycles. The summed E-state index contributed by atoms with van der Waals surface area (Å²) in [5.74, 6) is 0.427. The summed E-state index contributed by atoms with van der Waals surface area (Å²) in [6.07, 6.45) is 4.76. The van der Waals surface area contributed by atoms with Gasteiger partial charge in [0.2, 0.25) is 5.91 Å². The number of nitrogens with one attached hydrogen (secondary N) is 1. The van der Waals surface area contributed by atoms with Gasteiger partial charge in [-0.05, 0) is 28.7 Å². The topological polar surface area (TPSA) is 95.9 Å². The molecule has 0 spiro atoms. The summed E-state index contributed by atoms with van der Waals surface area (Å²) in [5, 5.41) is 11.5. The van der Waals surface area contributed by atoms with Crippen LogP contribution in [0.1, 0.15) is 30.4 Å². The fourth-order valence-electron chi connectivity index (χ4n) is 3.83. The predicted molar refractivity (Wildman–Crippen MR) is 115 cm³/mol. The first-order valence-corrected chi connectivity index (χ1v) is 10.0. The maximum absolute atomic E-state index is 12.6. The van der Waals surface area contributed by atoms with Gasteiger partial charge in [0.15, 0.2) is 0 Å². The molecule has 31 heavy (non-hydrogen) atoms. The quantitative estimate of drug-likeness (QED) is 0.641. The Morgan fingerprint density at radius 1 is 1.13 bits per heavy atom. The van der Waals surface area contributed by atoms with E-state index in [-0.39, 0.29) is 25.5 Å². The van der Waals surface area contributed by atoms with Crippen molar-refractivity contribution < 1.29 is 24.2 Å². The molecule has 7 nitrogen and oxygen atoms in total. The lowest BCUT2D eigenvalue weighted by atomic mass is 9.98. The van der Waals surface area contributed by atoms with Crippen LogP contribution in [0.3, 0.4) is 0 Å². The van der Waals surface area contributed by atoms with Gasteiger partial charge >= 0.3 is 12.1 Å². The van der Waals surface area contributed by atoms with Crippen molar-refractivity contribution in [1.82, 2.24) is 10.2 Å². The first-order valence-electron chi connectivity index (χ1n) is 10.0. The Morgan fingerprint density at radius 3 is 2.23 bits per heavy atom. The van der Waals surface area contributed by atoms with Gasteiger partial charge in [0.25, 0.3) is 0 Å². The van der Waals surface area contributed by atoms with Gasteiger partial charge in [-0.25, -0.2) is 4.79 Å². The number of carboxylic acid groups (broad SMARTS) is 1. The summed E-state index contributed by atoms with van der Waals surface area (Å²) in [6, 6.07) is 15.0. The number of amides is 2. The molecule has 1 atom stereocenters. The van der Waals surface area contributed by atoms with Crippen LogP contribution < -0.4 is 5.32 Å². The molecule has 1 aliphatic carbocycles. The van der Waals surface area contributed by atoms with Crippen LogP contribution in [0, 0.1) is 12.3 Å². The molecule has 0 saturated carbocycles. The van der Waals surface area contributed by atoms with Crippen molar-refractivity contribution in [2.24, 2.45) is 0 Å². The van der Waals surface area contributed by atoms with Gasteiger partial charge < -0.3 is 20.1 Å². The summed E-state index contributed by atoms with van der Waals surface area (Å²) in [4.78, 5) is 37.1. The number of ether oxygens (including phenoxy) is 1. The Balaban J connectivity index is 1.66. The highest BCUT2D eigenvalue weighted by molar-refractivity contribution is 5.88. The number of rotatable bonds is 8. The number of carbonyl (C=O) groups excluding carboxylic acids is 2. The second-order valence-electron chi connectivity index (χ2n) is 7.22. The Bertz CT molecular complexity index is 981. The number of carbonyl (C=O) groups is 3. The number of hydrogen-bond donors (Lipinski definition) is 2. The van der Waals surface area contributed by atoms with Crippen molar-refractivity contribution in [2.45, 2.75) is 25.3 Å². The number of fused-ring (bicyclic) bond motifs is 3. The molecule has 2 N–H and O–H groups in total. The lowest BCUT2D eigenvalue weighted by Gasteiger charge is -2.24. The summed E-state index contributed by atoms with van der Waals surface area (Å²) in [5.41, 5.74) is 4.40. The van der Waals surface area contributed by atoms with Crippen LogP contribution in [0.15, 0.2) is 48.5 Å². The maximum atomic E-state index is 12.6. The van der Waals surface area contributed by atoms with E-state index in [4.69, 9.17) is 16.3 Å². The fourth-order valence-corrected chi connectivity index (χ4v) is 3.83. The minimum atomic E-state index is -1.18. The highest BCUT2D eigenvalue weighted by Gasteiger charge is 2.30. The third-order valence-corrected chi connectivity index (χ3v) is 5.26. The summed E-state index contributed by atoms with van der Waals surface area (Å²) < 4.78 is 5.47. The van der Waals surface area contributed by atoms with Gasteiger partial charge in [-0.15, -0.1) is 6.42 Å². The van der Waals surface area contributed by atoms with Crippen molar-refractivity contribution >= 4 is 18.0 Å². The Labute approximate surface area is 181 Å². The summed E-state index contributed by atoms with van der Waals surface area (Å²) in [7, 11) is 0. The van der Waals surface area contributed by atoms with Crippen LogP contribution in [0.5, 0.6) is 0 Å². The number of terminal acetylenes is 1. The van der Waals surface area contributed by atoms with Crippen molar-refractivity contribution in [3.8, 4) is 23.5 Å². The van der Waals surface area contributed by atoms with Crippen LogP contribution in [0.4, 0.5) is 4.79 Å². The molecular formula is C24H24N2O5. The Morgan fingerprint density at radius 2 is 1.71 bits per heavy atom. The largest absolute Gasteiger partial charge is 0.480 e. The van der Waals surface area contributed by atoms with Crippen molar-refractivity contribution in [3.63, 3.8) is 0 Å². The lowest BCUT2D eigenvalue weighted by Crippen LogP contribution is -2.50. The van der Waals surface area contributed by atoms with Crippen LogP contribution in [-0.4, -0.2) is 53.7 Å². The van der Waals surface area contributed by atoms with Gasteiger partial charge in [0, 0.05) is 5.92 Å². The standard InChI is InChI=1S/C24H24N2O5/c1-3-13-26(14-22(27)28)23(29)21(4-2)25-24(30)31-15-20-18-11-7-5-9-16(18)17-10-6-8-12-19(17)20/h1,5-12,20-21H,4,13-15H2,2H3,(H,25,30)(H,27,28)/t21-/m0/s1. The highest BCUT2D eigenvalue weighted by Crippen LogP contribution is 2.44. The molecule has 0 fully saturated rings. The molecule has 2 amide bonds. The van der Waals surface area contributed by atoms with E-state index in [1.807, 2.05) is 48.5 Å². The SMILES string of the molecule is C#CCN(CC(=O)O)C(=O)[C@H](CC)NC(=O)OCC1c2ccccc2-c2ccccc21. The number of aliphatic carboxylic acids is 1. The smallest absolute Gasteiger partial charge is 0.407 e. The zero-order valence-corrected chi connectivity index (χ0v) is 17.2. The average Bonchev–Trinajstić information content (AvgIpc) is 3.09. The predicted octanol–water partition coefficient (Wildman–Crippen LogP) is 2.85. The van der Waals surface area contributed by atoms with Crippen LogP contribution in [-0.2, 0) is 14.3 Å². The summed E-state index contributed by atoms with van der Waals surface area (Å²) >= 11 is 0. The first kappa shape index (κ1) is 21.9. The second kappa shape index (κ2) is 9.81. The molecular weight excluding hydrogens is 396 g/mol. The molecule has 7 heteroatoms. The monoisotopic (exact) mass is 420 g/mol. The minimum Gasteiger partial charge on any atom is -0.480 e. The molecule has 0 saturated heterocycles. The van der Waals surface area contributed by atoms with Crippen LogP contribution >= 0.6 is 0 Å². The molecule has 0 unspecified atom stereocenters. The van der Waals surface area contributed by atoms with Gasteiger partial charge in [-0.3, -0.25) is 9.59 Å². The third kappa shape index (κ3) is 4.86. The fraction of sp³-hybridized carbons (Fsp3) is 0.292. The number of carboxylic acids is 1. The van der Waals surface area contributed by atoms with Crippen molar-refractivity contribution in [1.29, 1.82) is 0 Å². The van der Waals surface area contributed by atoms with Gasteiger partial charge in [-0.2, -0.15) is 0 Å². The number of nitrogens with zero attached hydrogens (tertiary/aromatic N) is 1. The molecule has 2 aromatic carbocycles. The van der Waals surface area contributed by atoms with E-state index in [9.17, 15) is 14.4 Å². The van der Waals surface area contributed by atoms with E-state index in [2.05, 4.69) is 11.2 Å². The minimum absolute atomic E-state index is 0.0983. The molecule has 0 heterocycles. The number of benzene rings is 2. The van der Waals surface area contributed by atoms with Crippen LogP contribution in [0.2, 0.25) is 0 Å². The van der Waals surface area contributed by atoms with E-state index >= 15 is 0 Å². The summed E-state index contributed by atoms with van der Waals surface area (Å²) in [6.45, 7) is 1.13. The number of hydrogen-bond acceptors (Lipinski definition) is 4. The van der Waals surface area contributed by atoms with Crippen molar-refractivity contribution in [2.75, 3.05) is 19.7 Å². The normalized spacial score (nSPS) is 12.8. The molecule has 0 bridgehead atoms. The molecule has 0 radical (unpaired) electrons. The van der Waals surface area contributed by atoms with E-state index in [0.717, 1.165) is 27.2 Å². The first-order chi connectivity index (χ1) is 15.0. The molecule has 0 aliphatic heterocycles. The lowest BCUT2D eigenvalue weighted by molar-refractivity contribution is -0.144. The molecule has 160 valence electrons. The van der Waals surface area contributed by atoms with E-state index < -0.39 is 30.6 Å². The zero-order chi connectivity index (χ0) is 22.4. The molecule has 3 rings (SSSR count). The van der Waals surface area contributed by atoms with Crippen molar-refractivity contribution in [3.05, 3.63) is 59.7 Å². The van der Waals surface area contributed by atoms with E-state index in [1.54, 1.807) is 6.92 Å². The van der Waals surface area contributed by atoms with Gasteiger partial charge in [0.1, 0.15) is 19.2 Å². The zero-order valence-electron chi connectivity index (χ0n) is 17.2. The van der Waals surface area contributed by atoms with E-state index in [0.29, 0.717) is 0 Å². The average molecular weight is 420 g/mol. The Hall–Kier alpha value is -3.79. The Kier molecular flexibility index (Phi) is 6.93. The second-order valence-corrected chi connectivity index (χ2v) is 7.22. The molecule has 2 aromatic rings. The maximum Gasteiger partial charge on any atom is 0.407 e. The van der Waals surface area contributed by atoms with Gasteiger partial charge in [-0.1, -0.05) is 61.4 Å². The third-order valence-electron chi connectivity index (χ3n) is 5.26. The number of alkyl carbamates (subject to hydrolysis) is 1. The van der Waals surface area contributed by atoms with E-state index in [1.165, 1.54) is 0 Å². The highest BCUT2D eigenvalue weighted by atomic mass is 16.5.